The highest BCUT2D eigenvalue weighted by molar-refractivity contribution is 5.93. The molecule has 0 fully saturated rings. The van der Waals surface area contributed by atoms with Crippen LogP contribution in [0.25, 0.3) is 5.65 Å². The van der Waals surface area contributed by atoms with Crippen LogP contribution in [0, 0.1) is 12.3 Å². The lowest BCUT2D eigenvalue weighted by atomic mass is 9.76. The second-order valence-corrected chi connectivity index (χ2v) is 7.53. The summed E-state index contributed by atoms with van der Waals surface area (Å²) >= 11 is 0. The lowest BCUT2D eigenvalue weighted by Gasteiger charge is -2.28. The third-order valence-electron chi connectivity index (χ3n) is 5.01. The van der Waals surface area contributed by atoms with E-state index in [1.54, 1.807) is 0 Å². The van der Waals surface area contributed by atoms with Crippen molar-refractivity contribution in [3.63, 3.8) is 0 Å². The number of imidazole rings is 1. The molecule has 6 heteroatoms. The molecule has 1 aliphatic carbocycles. The minimum absolute atomic E-state index is 0.172. The monoisotopic (exact) mass is 338 g/mol. The first-order chi connectivity index (χ1) is 11.9. The molecular formula is C19H22N4O2. The first-order valence-corrected chi connectivity index (χ1v) is 8.63. The lowest BCUT2D eigenvalue weighted by molar-refractivity contribution is 0.0940. The topological polar surface area (TPSA) is 72.4 Å². The van der Waals surface area contributed by atoms with Gasteiger partial charge in [0.1, 0.15) is 11.4 Å². The smallest absolute Gasteiger partial charge is 0.274 e. The quantitative estimate of drug-likeness (QED) is 0.796. The largest absolute Gasteiger partial charge is 0.360 e. The van der Waals surface area contributed by atoms with Crippen molar-refractivity contribution < 1.29 is 9.32 Å². The summed E-state index contributed by atoms with van der Waals surface area (Å²) in [4.78, 5) is 17.2. The Morgan fingerprint density at radius 1 is 1.40 bits per heavy atom. The SMILES string of the molecule is Cc1nc2ccccn2c1CNC(=O)c1noc2c1CC(C)(C)CC2. The summed E-state index contributed by atoms with van der Waals surface area (Å²) in [5, 5.41) is 7.01. The highest BCUT2D eigenvalue weighted by Crippen LogP contribution is 2.36. The molecule has 1 aliphatic rings. The van der Waals surface area contributed by atoms with Crippen LogP contribution in [0.4, 0.5) is 0 Å². The van der Waals surface area contributed by atoms with E-state index < -0.39 is 0 Å². The molecule has 6 nitrogen and oxygen atoms in total. The van der Waals surface area contributed by atoms with E-state index in [-0.39, 0.29) is 11.3 Å². The van der Waals surface area contributed by atoms with Crippen molar-refractivity contribution in [3.8, 4) is 0 Å². The minimum Gasteiger partial charge on any atom is -0.360 e. The number of pyridine rings is 1. The number of rotatable bonds is 3. The maximum absolute atomic E-state index is 12.7. The average Bonchev–Trinajstić information content (AvgIpc) is 3.11. The van der Waals surface area contributed by atoms with Crippen molar-refractivity contribution in [2.75, 3.05) is 0 Å². The molecule has 0 saturated heterocycles. The molecule has 3 heterocycles. The number of carbonyl (C=O) groups excluding carboxylic acids is 1. The van der Waals surface area contributed by atoms with Gasteiger partial charge in [0.2, 0.25) is 0 Å². The van der Waals surface area contributed by atoms with E-state index in [0.29, 0.717) is 12.2 Å². The van der Waals surface area contributed by atoms with Crippen LogP contribution in [0.1, 0.15) is 53.5 Å². The molecule has 0 atom stereocenters. The molecule has 130 valence electrons. The Balaban J connectivity index is 1.55. The fourth-order valence-corrected chi connectivity index (χ4v) is 3.54. The van der Waals surface area contributed by atoms with E-state index in [1.807, 2.05) is 35.7 Å². The van der Waals surface area contributed by atoms with Gasteiger partial charge in [0.25, 0.3) is 5.91 Å². The van der Waals surface area contributed by atoms with Crippen molar-refractivity contribution >= 4 is 11.6 Å². The van der Waals surface area contributed by atoms with E-state index in [1.165, 1.54) is 0 Å². The van der Waals surface area contributed by atoms with Gasteiger partial charge in [-0.1, -0.05) is 25.1 Å². The van der Waals surface area contributed by atoms with Crippen molar-refractivity contribution in [2.24, 2.45) is 5.41 Å². The zero-order valence-corrected chi connectivity index (χ0v) is 14.8. The predicted octanol–water partition coefficient (Wildman–Crippen LogP) is 3.08. The van der Waals surface area contributed by atoms with Crippen LogP contribution in [-0.2, 0) is 19.4 Å². The Morgan fingerprint density at radius 3 is 3.08 bits per heavy atom. The molecule has 0 radical (unpaired) electrons. The molecule has 3 aromatic rings. The number of aryl methyl sites for hydroxylation is 2. The number of fused-ring (bicyclic) bond motifs is 2. The van der Waals surface area contributed by atoms with Gasteiger partial charge in [0, 0.05) is 18.2 Å². The second kappa shape index (κ2) is 5.72. The van der Waals surface area contributed by atoms with Crippen LogP contribution < -0.4 is 5.32 Å². The maximum atomic E-state index is 12.7. The van der Waals surface area contributed by atoms with E-state index in [2.05, 4.69) is 29.3 Å². The molecule has 3 aromatic heterocycles. The second-order valence-electron chi connectivity index (χ2n) is 7.53. The first kappa shape index (κ1) is 15.9. The number of hydrogen-bond donors (Lipinski definition) is 1. The molecule has 1 N–H and O–H groups in total. The number of hydrogen-bond acceptors (Lipinski definition) is 4. The van der Waals surface area contributed by atoms with Crippen LogP contribution in [-0.4, -0.2) is 20.4 Å². The van der Waals surface area contributed by atoms with Gasteiger partial charge in [0.15, 0.2) is 5.69 Å². The molecule has 0 aliphatic heterocycles. The van der Waals surface area contributed by atoms with Gasteiger partial charge in [-0.3, -0.25) is 4.79 Å². The van der Waals surface area contributed by atoms with Crippen molar-refractivity contribution in [2.45, 2.75) is 46.6 Å². The van der Waals surface area contributed by atoms with Crippen molar-refractivity contribution in [1.29, 1.82) is 0 Å². The normalized spacial score (nSPS) is 16.0. The zero-order chi connectivity index (χ0) is 17.6. The fourth-order valence-electron chi connectivity index (χ4n) is 3.54. The Morgan fingerprint density at radius 2 is 2.24 bits per heavy atom. The van der Waals surface area contributed by atoms with Gasteiger partial charge in [0.05, 0.1) is 17.9 Å². The Kier molecular flexibility index (Phi) is 3.63. The molecule has 4 rings (SSSR count). The van der Waals surface area contributed by atoms with Crippen LogP contribution in [0.2, 0.25) is 0 Å². The lowest BCUT2D eigenvalue weighted by Crippen LogP contribution is -2.28. The Labute approximate surface area is 146 Å². The van der Waals surface area contributed by atoms with Crippen LogP contribution in [0.3, 0.4) is 0 Å². The molecule has 0 aromatic carbocycles. The summed E-state index contributed by atoms with van der Waals surface area (Å²) in [6.45, 7) is 6.79. The number of aromatic nitrogens is 3. The highest BCUT2D eigenvalue weighted by Gasteiger charge is 2.32. The van der Waals surface area contributed by atoms with Crippen LogP contribution in [0.5, 0.6) is 0 Å². The summed E-state index contributed by atoms with van der Waals surface area (Å²) in [7, 11) is 0. The van der Waals surface area contributed by atoms with Gasteiger partial charge >= 0.3 is 0 Å². The summed E-state index contributed by atoms with van der Waals surface area (Å²) in [6, 6.07) is 5.86. The van der Waals surface area contributed by atoms with Gasteiger partial charge < -0.3 is 14.2 Å². The van der Waals surface area contributed by atoms with Gasteiger partial charge in [-0.15, -0.1) is 0 Å². The van der Waals surface area contributed by atoms with Gasteiger partial charge in [-0.05, 0) is 37.3 Å². The third kappa shape index (κ3) is 2.81. The summed E-state index contributed by atoms with van der Waals surface area (Å²) in [5.41, 5.74) is 4.32. The number of carbonyl (C=O) groups is 1. The maximum Gasteiger partial charge on any atom is 0.274 e. The molecule has 0 spiro atoms. The minimum atomic E-state index is -0.187. The number of nitrogens with zero attached hydrogens (tertiary/aromatic N) is 3. The first-order valence-electron chi connectivity index (χ1n) is 8.63. The Bertz CT molecular complexity index is 952. The van der Waals surface area contributed by atoms with E-state index in [4.69, 9.17) is 4.52 Å². The standard InChI is InChI=1S/C19H22N4O2/c1-12-14(23-9-5-4-6-16(23)21-12)11-20-18(24)17-13-10-19(2,3)8-7-15(13)25-22-17/h4-6,9H,7-8,10-11H2,1-3H3,(H,20,24). The van der Waals surface area contributed by atoms with E-state index in [9.17, 15) is 4.79 Å². The Hall–Kier alpha value is -2.63. The highest BCUT2D eigenvalue weighted by atomic mass is 16.5. The zero-order valence-electron chi connectivity index (χ0n) is 14.8. The average molecular weight is 338 g/mol. The summed E-state index contributed by atoms with van der Waals surface area (Å²) < 4.78 is 7.40. The van der Waals surface area contributed by atoms with Crippen molar-refractivity contribution in [1.82, 2.24) is 19.9 Å². The molecule has 0 bridgehead atoms. The molecule has 0 unspecified atom stereocenters. The molecule has 1 amide bonds. The molecular weight excluding hydrogens is 316 g/mol. The summed E-state index contributed by atoms with van der Waals surface area (Å²) in [5.74, 6) is 0.670. The number of nitrogens with one attached hydrogen (secondary N) is 1. The van der Waals surface area contributed by atoms with Crippen LogP contribution >= 0.6 is 0 Å². The van der Waals surface area contributed by atoms with E-state index >= 15 is 0 Å². The predicted molar refractivity (Wildman–Crippen MR) is 93.4 cm³/mol. The van der Waals surface area contributed by atoms with Crippen LogP contribution in [0.15, 0.2) is 28.9 Å². The molecule has 25 heavy (non-hydrogen) atoms. The van der Waals surface area contributed by atoms with E-state index in [0.717, 1.165) is 47.6 Å². The van der Waals surface area contributed by atoms with Crippen molar-refractivity contribution in [3.05, 3.63) is 52.8 Å². The molecule has 0 saturated carbocycles. The van der Waals surface area contributed by atoms with Gasteiger partial charge in [-0.2, -0.15) is 0 Å². The van der Waals surface area contributed by atoms with Gasteiger partial charge in [-0.25, -0.2) is 4.98 Å². The third-order valence-corrected chi connectivity index (χ3v) is 5.01. The number of amides is 1. The summed E-state index contributed by atoms with van der Waals surface area (Å²) in [6.07, 6.45) is 4.67. The fraction of sp³-hybridized carbons (Fsp3) is 0.421.